The lowest BCUT2D eigenvalue weighted by molar-refractivity contribution is -0.136. The van der Waals surface area contributed by atoms with Crippen molar-refractivity contribution in [3.8, 4) is 0 Å². The highest BCUT2D eigenvalue weighted by Gasteiger charge is 2.11. The minimum absolute atomic E-state index is 0.101. The van der Waals surface area contributed by atoms with E-state index in [0.29, 0.717) is 18.8 Å². The quantitative estimate of drug-likeness (QED) is 0.757. The first kappa shape index (κ1) is 10.6. The number of carboxylic acid groups (broad SMARTS) is 1. The lowest BCUT2D eigenvalue weighted by atomic mass is 10.3. The van der Waals surface area contributed by atoms with Crippen LogP contribution in [-0.4, -0.2) is 20.2 Å². The van der Waals surface area contributed by atoms with Crippen molar-refractivity contribution in [3.63, 3.8) is 0 Å². The van der Waals surface area contributed by atoms with Crippen molar-refractivity contribution in [2.75, 3.05) is 0 Å². The van der Waals surface area contributed by atoms with Crippen molar-refractivity contribution in [1.29, 1.82) is 0 Å². The first-order valence-electron chi connectivity index (χ1n) is 4.60. The van der Waals surface area contributed by atoms with Gasteiger partial charge in [0.05, 0.1) is 6.42 Å². The van der Waals surface area contributed by atoms with Crippen LogP contribution in [0.3, 0.4) is 0 Å². The van der Waals surface area contributed by atoms with E-state index in [1.54, 1.807) is 6.20 Å². The molecule has 14 heavy (non-hydrogen) atoms. The second-order valence-electron chi connectivity index (χ2n) is 3.00. The standard InChI is InChI=1S/C9H14N2O3/c1-3-10-6-7(5-8(12)13)11(4-2)9(10)14/h6H,3-5H2,1-2H3,(H,12,13). The number of aryl methyl sites for hydroxylation is 1. The van der Waals surface area contributed by atoms with Gasteiger partial charge in [0.25, 0.3) is 0 Å². The van der Waals surface area contributed by atoms with Crippen molar-refractivity contribution in [1.82, 2.24) is 9.13 Å². The number of hydrogen-bond acceptors (Lipinski definition) is 2. The van der Waals surface area contributed by atoms with Gasteiger partial charge in [-0.15, -0.1) is 0 Å². The molecule has 0 aromatic carbocycles. The number of carbonyl (C=O) groups is 1. The van der Waals surface area contributed by atoms with Gasteiger partial charge in [-0.1, -0.05) is 0 Å². The van der Waals surface area contributed by atoms with E-state index in [1.165, 1.54) is 9.13 Å². The van der Waals surface area contributed by atoms with E-state index in [-0.39, 0.29) is 12.1 Å². The monoisotopic (exact) mass is 198 g/mol. The molecule has 1 aromatic rings. The Morgan fingerprint density at radius 2 is 2.07 bits per heavy atom. The molecule has 1 rings (SSSR count). The van der Waals surface area contributed by atoms with E-state index < -0.39 is 5.97 Å². The number of aliphatic carboxylic acids is 1. The zero-order chi connectivity index (χ0) is 10.7. The molecule has 0 saturated carbocycles. The van der Waals surface area contributed by atoms with Crippen LogP contribution in [0.5, 0.6) is 0 Å². The van der Waals surface area contributed by atoms with E-state index in [0.717, 1.165) is 0 Å². The molecule has 0 fully saturated rings. The van der Waals surface area contributed by atoms with Crippen molar-refractivity contribution < 1.29 is 9.90 Å². The van der Waals surface area contributed by atoms with Crippen LogP contribution in [0.4, 0.5) is 0 Å². The highest BCUT2D eigenvalue weighted by molar-refractivity contribution is 5.69. The van der Waals surface area contributed by atoms with Crippen LogP contribution >= 0.6 is 0 Å². The Bertz CT molecular complexity index is 389. The van der Waals surface area contributed by atoms with Crippen LogP contribution in [0.15, 0.2) is 11.0 Å². The fourth-order valence-electron chi connectivity index (χ4n) is 1.44. The molecule has 0 aliphatic heterocycles. The zero-order valence-electron chi connectivity index (χ0n) is 8.36. The molecule has 0 aliphatic carbocycles. The van der Waals surface area contributed by atoms with Gasteiger partial charge in [-0.25, -0.2) is 4.79 Å². The van der Waals surface area contributed by atoms with Crippen molar-refractivity contribution in [3.05, 3.63) is 22.4 Å². The largest absolute Gasteiger partial charge is 0.481 e. The highest BCUT2D eigenvalue weighted by Crippen LogP contribution is 1.99. The first-order valence-corrected chi connectivity index (χ1v) is 4.60. The average Bonchev–Trinajstić information content (AvgIpc) is 2.41. The Hall–Kier alpha value is -1.52. The number of carboxylic acids is 1. The maximum atomic E-state index is 11.6. The molecule has 1 heterocycles. The maximum absolute atomic E-state index is 11.6. The van der Waals surface area contributed by atoms with Gasteiger partial charge in [0, 0.05) is 25.0 Å². The Morgan fingerprint density at radius 3 is 2.50 bits per heavy atom. The zero-order valence-corrected chi connectivity index (χ0v) is 8.36. The van der Waals surface area contributed by atoms with E-state index in [2.05, 4.69) is 0 Å². The van der Waals surface area contributed by atoms with Gasteiger partial charge in [0.15, 0.2) is 0 Å². The number of nitrogens with zero attached hydrogens (tertiary/aromatic N) is 2. The summed E-state index contributed by atoms with van der Waals surface area (Å²) in [6, 6.07) is 0. The van der Waals surface area contributed by atoms with Crippen LogP contribution < -0.4 is 5.69 Å². The Morgan fingerprint density at radius 1 is 1.43 bits per heavy atom. The lowest BCUT2D eigenvalue weighted by Gasteiger charge is -1.99. The molecule has 78 valence electrons. The fraction of sp³-hybridized carbons (Fsp3) is 0.556. The minimum Gasteiger partial charge on any atom is -0.481 e. The van der Waals surface area contributed by atoms with Crippen LogP contribution in [0.25, 0.3) is 0 Å². The summed E-state index contributed by atoms with van der Waals surface area (Å²) < 4.78 is 3.00. The summed E-state index contributed by atoms with van der Waals surface area (Å²) in [5.41, 5.74) is 0.429. The third kappa shape index (κ3) is 1.86. The Labute approximate surface area is 81.6 Å². The van der Waals surface area contributed by atoms with Gasteiger partial charge < -0.3 is 5.11 Å². The van der Waals surface area contributed by atoms with Crippen LogP contribution in [0, 0.1) is 0 Å². The molecule has 0 saturated heterocycles. The molecule has 0 unspecified atom stereocenters. The van der Waals surface area contributed by atoms with Gasteiger partial charge in [-0.3, -0.25) is 13.9 Å². The molecule has 0 spiro atoms. The topological polar surface area (TPSA) is 64.2 Å². The van der Waals surface area contributed by atoms with Gasteiger partial charge in [0.1, 0.15) is 0 Å². The molecular weight excluding hydrogens is 184 g/mol. The fourth-order valence-corrected chi connectivity index (χ4v) is 1.44. The molecule has 0 atom stereocenters. The minimum atomic E-state index is -0.916. The molecular formula is C9H14N2O3. The summed E-state index contributed by atoms with van der Waals surface area (Å²) in [6.45, 7) is 4.76. The number of imidazole rings is 1. The predicted octanol–water partition coefficient (Wildman–Crippen LogP) is 0.317. The highest BCUT2D eigenvalue weighted by atomic mass is 16.4. The molecule has 0 amide bonds. The summed E-state index contributed by atoms with van der Waals surface area (Å²) in [7, 11) is 0. The van der Waals surface area contributed by atoms with Crippen LogP contribution in [0.2, 0.25) is 0 Å². The molecule has 5 heteroatoms. The second-order valence-corrected chi connectivity index (χ2v) is 3.00. The third-order valence-corrected chi connectivity index (χ3v) is 2.12. The van der Waals surface area contributed by atoms with Crippen LogP contribution in [0.1, 0.15) is 19.5 Å². The smallest absolute Gasteiger partial charge is 0.328 e. The molecule has 1 aromatic heterocycles. The average molecular weight is 198 g/mol. The third-order valence-electron chi connectivity index (χ3n) is 2.12. The molecule has 5 nitrogen and oxygen atoms in total. The van der Waals surface area contributed by atoms with Crippen molar-refractivity contribution in [2.24, 2.45) is 0 Å². The van der Waals surface area contributed by atoms with E-state index in [4.69, 9.17) is 5.11 Å². The Balaban J connectivity index is 3.15. The number of aromatic nitrogens is 2. The first-order chi connectivity index (χ1) is 6.60. The SMILES string of the molecule is CCn1cc(CC(=O)O)n(CC)c1=O. The Kier molecular flexibility index (Phi) is 3.11. The summed E-state index contributed by atoms with van der Waals surface area (Å²) in [4.78, 5) is 22.1. The summed E-state index contributed by atoms with van der Waals surface area (Å²) >= 11 is 0. The molecule has 0 radical (unpaired) electrons. The second kappa shape index (κ2) is 4.13. The van der Waals surface area contributed by atoms with Gasteiger partial charge in [0.2, 0.25) is 0 Å². The molecule has 1 N–H and O–H groups in total. The normalized spacial score (nSPS) is 10.4. The van der Waals surface area contributed by atoms with Gasteiger partial charge in [-0.05, 0) is 13.8 Å². The number of hydrogen-bond donors (Lipinski definition) is 1. The van der Waals surface area contributed by atoms with E-state index in [9.17, 15) is 9.59 Å². The van der Waals surface area contributed by atoms with Gasteiger partial charge in [-0.2, -0.15) is 0 Å². The lowest BCUT2D eigenvalue weighted by Crippen LogP contribution is -2.24. The summed E-state index contributed by atoms with van der Waals surface area (Å²) in [5, 5.41) is 8.64. The van der Waals surface area contributed by atoms with Crippen molar-refractivity contribution in [2.45, 2.75) is 33.4 Å². The maximum Gasteiger partial charge on any atom is 0.328 e. The van der Waals surface area contributed by atoms with Gasteiger partial charge >= 0.3 is 11.7 Å². The predicted molar refractivity (Wildman–Crippen MR) is 51.4 cm³/mol. The van der Waals surface area contributed by atoms with E-state index in [1.807, 2.05) is 13.8 Å². The van der Waals surface area contributed by atoms with Crippen LogP contribution in [-0.2, 0) is 24.3 Å². The number of rotatable bonds is 4. The van der Waals surface area contributed by atoms with E-state index >= 15 is 0 Å². The summed E-state index contributed by atoms with van der Waals surface area (Å²) in [6.07, 6.45) is 1.51. The van der Waals surface area contributed by atoms with Crippen molar-refractivity contribution >= 4 is 5.97 Å². The molecule has 0 aliphatic rings. The molecule has 0 bridgehead atoms. The summed E-state index contributed by atoms with van der Waals surface area (Å²) in [5.74, 6) is -0.916.